The van der Waals surface area contributed by atoms with Gasteiger partial charge >= 0.3 is 12.0 Å². The summed E-state index contributed by atoms with van der Waals surface area (Å²) in [6, 6.07) is 6.24. The molecule has 1 N–H and O–H groups in total. The normalized spacial score (nSPS) is 17.6. The fourth-order valence-corrected chi connectivity index (χ4v) is 2.71. The molecule has 1 aliphatic heterocycles. The molecule has 1 heterocycles. The van der Waals surface area contributed by atoms with E-state index in [0.29, 0.717) is 24.9 Å². The minimum absolute atomic E-state index is 0.347. The van der Waals surface area contributed by atoms with Gasteiger partial charge in [-0.3, -0.25) is 4.79 Å². The van der Waals surface area contributed by atoms with Crippen LogP contribution in [0.4, 0.5) is 10.5 Å². The summed E-state index contributed by atoms with van der Waals surface area (Å²) in [5, 5.41) is 2.82. The Hall–Kier alpha value is -2.63. The number of allylic oxidation sites excluding steroid dienone is 1. The number of anilines is 1. The Bertz CT molecular complexity index is 676. The molecule has 0 spiro atoms. The molecule has 1 saturated heterocycles. The minimum atomic E-state index is -0.589. The van der Waals surface area contributed by atoms with Gasteiger partial charge in [0.2, 0.25) is 0 Å². The summed E-state index contributed by atoms with van der Waals surface area (Å²) in [6.45, 7) is 5.92. The maximum absolute atomic E-state index is 12.6. The van der Waals surface area contributed by atoms with Gasteiger partial charge in [-0.2, -0.15) is 0 Å². The van der Waals surface area contributed by atoms with E-state index < -0.39 is 11.6 Å². The monoisotopic (exact) mass is 344 g/mol. The van der Waals surface area contributed by atoms with Gasteiger partial charge in [-0.15, -0.1) is 0 Å². The Morgan fingerprint density at radius 3 is 2.68 bits per heavy atom. The summed E-state index contributed by atoms with van der Waals surface area (Å²) in [5.41, 5.74) is 0.713. The molecule has 0 radical (unpaired) electrons. The number of nitrogens with zero attached hydrogens (tertiary/aromatic N) is 1. The third kappa shape index (κ3) is 5.17. The number of aldehydes is 1. The molecule has 0 aliphatic carbocycles. The lowest BCUT2D eigenvalue weighted by Gasteiger charge is -2.27. The zero-order valence-electron chi connectivity index (χ0n) is 14.8. The number of hydrogen-bond acceptors (Lipinski definition) is 4. The number of esters is 1. The lowest BCUT2D eigenvalue weighted by atomic mass is 10.1. The summed E-state index contributed by atoms with van der Waals surface area (Å²) in [6.07, 6.45) is 5.01. The lowest BCUT2D eigenvalue weighted by Crippen LogP contribution is -2.45. The maximum Gasteiger partial charge on any atom is 0.329 e. The molecule has 6 nitrogen and oxygen atoms in total. The van der Waals surface area contributed by atoms with Gasteiger partial charge in [-0.25, -0.2) is 9.59 Å². The number of carbonyl (C=O) groups is 3. The Morgan fingerprint density at radius 2 is 2.00 bits per heavy atom. The molecule has 1 aliphatic rings. The quantitative estimate of drug-likeness (QED) is 0.517. The molecular formula is C19H24N2O4. The van der Waals surface area contributed by atoms with E-state index in [1.54, 1.807) is 45.0 Å². The van der Waals surface area contributed by atoms with Crippen LogP contribution in [0.25, 0.3) is 6.08 Å². The summed E-state index contributed by atoms with van der Waals surface area (Å²) < 4.78 is 5.42. The first-order chi connectivity index (χ1) is 11.8. The molecule has 1 aromatic rings. The number of hydrogen-bond donors (Lipinski definition) is 1. The topological polar surface area (TPSA) is 75.7 Å². The maximum atomic E-state index is 12.6. The summed E-state index contributed by atoms with van der Waals surface area (Å²) >= 11 is 0. The van der Waals surface area contributed by atoms with Crippen LogP contribution in [-0.4, -0.2) is 41.4 Å². The van der Waals surface area contributed by atoms with Crippen LogP contribution >= 0.6 is 0 Å². The average Bonchev–Trinajstić information content (AvgIpc) is 3.02. The van der Waals surface area contributed by atoms with Crippen LogP contribution < -0.4 is 5.32 Å². The zero-order valence-corrected chi connectivity index (χ0v) is 14.8. The number of para-hydroxylation sites is 1. The van der Waals surface area contributed by atoms with Crippen molar-refractivity contribution in [1.82, 2.24) is 4.90 Å². The van der Waals surface area contributed by atoms with E-state index in [4.69, 9.17) is 4.74 Å². The number of rotatable bonds is 4. The number of benzene rings is 1. The Morgan fingerprint density at radius 1 is 1.28 bits per heavy atom. The molecule has 25 heavy (non-hydrogen) atoms. The molecule has 2 amide bonds. The predicted molar refractivity (Wildman–Crippen MR) is 96.1 cm³/mol. The van der Waals surface area contributed by atoms with Crippen molar-refractivity contribution in [3.8, 4) is 0 Å². The highest BCUT2D eigenvalue weighted by Crippen LogP contribution is 2.23. The van der Waals surface area contributed by atoms with Crippen LogP contribution in [-0.2, 0) is 14.3 Å². The fourth-order valence-electron chi connectivity index (χ4n) is 2.71. The smallest absolute Gasteiger partial charge is 0.329 e. The summed E-state index contributed by atoms with van der Waals surface area (Å²) in [4.78, 5) is 37.0. The predicted octanol–water partition coefficient (Wildman–Crippen LogP) is 3.24. The van der Waals surface area contributed by atoms with Gasteiger partial charge in [0.05, 0.1) is 0 Å². The van der Waals surface area contributed by atoms with Gasteiger partial charge < -0.3 is 15.0 Å². The molecule has 0 bridgehead atoms. The highest BCUT2D eigenvalue weighted by Gasteiger charge is 2.37. The van der Waals surface area contributed by atoms with E-state index in [9.17, 15) is 14.4 Å². The molecule has 1 fully saturated rings. The Kier molecular flexibility index (Phi) is 5.96. The van der Waals surface area contributed by atoms with Crippen LogP contribution in [0.1, 0.15) is 39.2 Å². The largest absolute Gasteiger partial charge is 0.458 e. The van der Waals surface area contributed by atoms with E-state index in [0.717, 1.165) is 12.0 Å². The van der Waals surface area contributed by atoms with Gasteiger partial charge in [0.15, 0.2) is 0 Å². The van der Waals surface area contributed by atoms with Crippen molar-refractivity contribution in [2.24, 2.45) is 0 Å². The van der Waals surface area contributed by atoms with Crippen molar-refractivity contribution in [3.63, 3.8) is 0 Å². The summed E-state index contributed by atoms with van der Waals surface area (Å²) in [5.74, 6) is -0.380. The van der Waals surface area contributed by atoms with Crippen LogP contribution in [0.5, 0.6) is 0 Å². The number of ether oxygens (including phenoxy) is 1. The van der Waals surface area contributed by atoms with Crippen molar-refractivity contribution < 1.29 is 19.1 Å². The third-order valence-corrected chi connectivity index (χ3v) is 3.75. The van der Waals surface area contributed by atoms with E-state index in [-0.39, 0.29) is 12.0 Å². The molecule has 0 saturated carbocycles. The molecule has 1 aromatic carbocycles. The number of nitrogens with one attached hydrogen (secondary N) is 1. The standard InChI is InChI=1S/C19H24N2O4/c1-19(2,3)25-17(23)16-11-6-12-21(16)18(24)20-15-10-5-4-8-14(15)9-7-13-22/h4-5,7-10,13,16H,6,11-12H2,1-3H3,(H,20,24)/b9-7+. The second-order valence-electron chi connectivity index (χ2n) is 6.90. The first-order valence-corrected chi connectivity index (χ1v) is 8.33. The van der Waals surface area contributed by atoms with Crippen molar-refractivity contribution in [1.29, 1.82) is 0 Å². The number of likely N-dealkylation sites (tertiary alicyclic amines) is 1. The van der Waals surface area contributed by atoms with Crippen LogP contribution in [0.3, 0.4) is 0 Å². The van der Waals surface area contributed by atoms with Gasteiger partial charge in [0.1, 0.15) is 17.9 Å². The van der Waals surface area contributed by atoms with E-state index in [2.05, 4.69) is 5.32 Å². The van der Waals surface area contributed by atoms with Crippen molar-refractivity contribution >= 4 is 30.0 Å². The molecule has 2 rings (SSSR count). The second-order valence-corrected chi connectivity index (χ2v) is 6.90. The van der Waals surface area contributed by atoms with Gasteiger partial charge in [-0.05, 0) is 57.4 Å². The number of urea groups is 1. The summed E-state index contributed by atoms with van der Waals surface area (Å²) in [7, 11) is 0. The first-order valence-electron chi connectivity index (χ1n) is 8.33. The lowest BCUT2D eigenvalue weighted by molar-refractivity contribution is -0.159. The van der Waals surface area contributed by atoms with Gasteiger partial charge in [0, 0.05) is 12.2 Å². The van der Waals surface area contributed by atoms with Crippen LogP contribution in [0.15, 0.2) is 30.3 Å². The van der Waals surface area contributed by atoms with Crippen molar-refractivity contribution in [3.05, 3.63) is 35.9 Å². The molecule has 6 heteroatoms. The highest BCUT2D eigenvalue weighted by atomic mass is 16.6. The van der Waals surface area contributed by atoms with E-state index >= 15 is 0 Å². The molecule has 1 atom stereocenters. The van der Waals surface area contributed by atoms with Crippen LogP contribution in [0.2, 0.25) is 0 Å². The minimum Gasteiger partial charge on any atom is -0.458 e. The van der Waals surface area contributed by atoms with Crippen LogP contribution in [0, 0.1) is 0 Å². The van der Waals surface area contributed by atoms with Gasteiger partial charge in [0.25, 0.3) is 0 Å². The fraction of sp³-hybridized carbons (Fsp3) is 0.421. The number of amides is 2. The Balaban J connectivity index is 2.11. The van der Waals surface area contributed by atoms with E-state index in [1.165, 1.54) is 11.0 Å². The van der Waals surface area contributed by atoms with E-state index in [1.807, 2.05) is 6.07 Å². The SMILES string of the molecule is CC(C)(C)OC(=O)C1CCCN1C(=O)Nc1ccccc1/C=C/C=O. The Labute approximate surface area is 147 Å². The highest BCUT2D eigenvalue weighted by molar-refractivity contribution is 5.95. The van der Waals surface area contributed by atoms with Crippen molar-refractivity contribution in [2.45, 2.75) is 45.3 Å². The number of carbonyl (C=O) groups excluding carboxylic acids is 3. The zero-order chi connectivity index (χ0) is 18.4. The molecule has 134 valence electrons. The molecule has 0 aromatic heterocycles. The molecule has 1 unspecified atom stereocenters. The van der Waals surface area contributed by atoms with Gasteiger partial charge in [-0.1, -0.05) is 18.2 Å². The second kappa shape index (κ2) is 7.96. The van der Waals surface area contributed by atoms with Crippen molar-refractivity contribution in [2.75, 3.05) is 11.9 Å². The molecular weight excluding hydrogens is 320 g/mol. The third-order valence-electron chi connectivity index (χ3n) is 3.75. The first kappa shape index (κ1) is 18.7. The average molecular weight is 344 g/mol.